The Morgan fingerprint density at radius 1 is 1.38 bits per heavy atom. The Morgan fingerprint density at radius 2 is 2.21 bits per heavy atom. The number of ether oxygens (including phenoxy) is 1. The average molecular weight is 333 g/mol. The van der Waals surface area contributed by atoms with Crippen LogP contribution in [0.15, 0.2) is 18.6 Å². The van der Waals surface area contributed by atoms with Crippen LogP contribution < -0.4 is 10.2 Å². The fourth-order valence-corrected chi connectivity index (χ4v) is 3.43. The lowest BCUT2D eigenvalue weighted by atomic mass is 9.97. The molecule has 3 rings (SSSR count). The van der Waals surface area contributed by atoms with E-state index < -0.39 is 0 Å². The maximum atomic E-state index is 12.6. The van der Waals surface area contributed by atoms with Gasteiger partial charge in [0.2, 0.25) is 5.91 Å². The normalized spacial score (nSPS) is 23.7. The first-order valence-corrected chi connectivity index (χ1v) is 8.84. The second kappa shape index (κ2) is 8.39. The summed E-state index contributed by atoms with van der Waals surface area (Å²) in [6.45, 7) is 8.09. The van der Waals surface area contributed by atoms with Gasteiger partial charge >= 0.3 is 0 Å². The summed E-state index contributed by atoms with van der Waals surface area (Å²) in [4.78, 5) is 25.6. The Morgan fingerprint density at radius 3 is 2.96 bits per heavy atom. The van der Waals surface area contributed by atoms with Gasteiger partial charge in [-0.25, -0.2) is 4.98 Å². The number of piperidine rings is 1. The SMILES string of the molecule is C[C@@H](CN1CCOCC1)NC(=O)[C@@H]1CCCN(c2cnccn2)C1. The Labute approximate surface area is 143 Å². The van der Waals surface area contributed by atoms with Gasteiger partial charge in [0.05, 0.1) is 25.3 Å². The summed E-state index contributed by atoms with van der Waals surface area (Å²) < 4.78 is 5.37. The van der Waals surface area contributed by atoms with Crippen LogP contribution in [0.2, 0.25) is 0 Å². The first kappa shape index (κ1) is 17.1. The van der Waals surface area contributed by atoms with Crippen molar-refractivity contribution in [3.05, 3.63) is 18.6 Å². The van der Waals surface area contributed by atoms with Gasteiger partial charge in [0.15, 0.2) is 0 Å². The van der Waals surface area contributed by atoms with Crippen LogP contribution in [0.4, 0.5) is 5.82 Å². The minimum absolute atomic E-state index is 0.0212. The summed E-state index contributed by atoms with van der Waals surface area (Å²) in [5.74, 6) is 1.04. The Balaban J connectivity index is 1.48. The minimum atomic E-state index is 0.0212. The fraction of sp³-hybridized carbons (Fsp3) is 0.706. The lowest BCUT2D eigenvalue weighted by Gasteiger charge is -2.34. The van der Waals surface area contributed by atoms with Crippen LogP contribution in [0.5, 0.6) is 0 Å². The van der Waals surface area contributed by atoms with Crippen LogP contribution in [0.3, 0.4) is 0 Å². The van der Waals surface area contributed by atoms with Crippen LogP contribution in [0.1, 0.15) is 19.8 Å². The number of morpholine rings is 1. The van der Waals surface area contributed by atoms with Gasteiger partial charge in [-0.05, 0) is 19.8 Å². The van der Waals surface area contributed by atoms with Crippen molar-refractivity contribution in [3.8, 4) is 0 Å². The van der Waals surface area contributed by atoms with Crippen molar-refractivity contribution in [1.29, 1.82) is 0 Å². The zero-order valence-corrected chi connectivity index (χ0v) is 14.4. The van der Waals surface area contributed by atoms with Crippen LogP contribution >= 0.6 is 0 Å². The van der Waals surface area contributed by atoms with Crippen molar-refractivity contribution in [2.75, 3.05) is 50.8 Å². The molecule has 0 radical (unpaired) electrons. The van der Waals surface area contributed by atoms with Gasteiger partial charge in [-0.1, -0.05) is 0 Å². The van der Waals surface area contributed by atoms with E-state index in [0.717, 1.165) is 64.6 Å². The molecule has 0 spiro atoms. The lowest BCUT2D eigenvalue weighted by molar-refractivity contribution is -0.126. The van der Waals surface area contributed by atoms with E-state index in [9.17, 15) is 4.79 Å². The largest absolute Gasteiger partial charge is 0.379 e. The van der Waals surface area contributed by atoms with Crippen LogP contribution in [0, 0.1) is 5.92 Å². The summed E-state index contributed by atoms with van der Waals surface area (Å²) in [7, 11) is 0. The number of hydrogen-bond donors (Lipinski definition) is 1. The molecule has 7 heteroatoms. The predicted molar refractivity (Wildman–Crippen MR) is 91.8 cm³/mol. The number of amides is 1. The van der Waals surface area contributed by atoms with Crippen molar-refractivity contribution in [1.82, 2.24) is 20.2 Å². The molecule has 0 bridgehead atoms. The summed E-state index contributed by atoms with van der Waals surface area (Å²) in [6.07, 6.45) is 7.08. The lowest BCUT2D eigenvalue weighted by Crippen LogP contribution is -2.49. The second-order valence-electron chi connectivity index (χ2n) is 6.67. The fourth-order valence-electron chi connectivity index (χ4n) is 3.43. The van der Waals surface area contributed by atoms with Crippen molar-refractivity contribution in [2.45, 2.75) is 25.8 Å². The molecule has 0 aliphatic carbocycles. The highest BCUT2D eigenvalue weighted by molar-refractivity contribution is 5.79. The molecule has 2 saturated heterocycles. The molecule has 7 nitrogen and oxygen atoms in total. The molecule has 1 aromatic rings. The van der Waals surface area contributed by atoms with Gasteiger partial charge in [0.1, 0.15) is 5.82 Å². The zero-order valence-electron chi connectivity index (χ0n) is 14.4. The molecule has 1 aromatic heterocycles. The van der Waals surface area contributed by atoms with E-state index in [1.165, 1.54) is 0 Å². The first-order valence-electron chi connectivity index (χ1n) is 8.84. The highest BCUT2D eigenvalue weighted by Crippen LogP contribution is 2.21. The second-order valence-corrected chi connectivity index (χ2v) is 6.67. The third kappa shape index (κ3) is 4.64. The van der Waals surface area contributed by atoms with E-state index in [-0.39, 0.29) is 17.9 Å². The van der Waals surface area contributed by atoms with Crippen molar-refractivity contribution < 1.29 is 9.53 Å². The average Bonchev–Trinajstić information content (AvgIpc) is 2.63. The Hall–Kier alpha value is -1.73. The predicted octanol–water partition coefficient (Wildman–Crippen LogP) is 0.530. The van der Waals surface area contributed by atoms with E-state index in [1.807, 2.05) is 0 Å². The molecular formula is C17H27N5O2. The quantitative estimate of drug-likeness (QED) is 0.848. The summed E-state index contributed by atoms with van der Waals surface area (Å²) >= 11 is 0. The molecular weight excluding hydrogens is 306 g/mol. The van der Waals surface area contributed by atoms with Gasteiger partial charge in [-0.2, -0.15) is 0 Å². The molecule has 2 aliphatic rings. The number of nitrogens with one attached hydrogen (secondary N) is 1. The van der Waals surface area contributed by atoms with E-state index in [2.05, 4.69) is 32.0 Å². The summed E-state index contributed by atoms with van der Waals surface area (Å²) in [5, 5.41) is 3.18. The number of nitrogens with zero attached hydrogens (tertiary/aromatic N) is 4. The monoisotopic (exact) mass is 333 g/mol. The van der Waals surface area contributed by atoms with Crippen molar-refractivity contribution >= 4 is 11.7 Å². The van der Waals surface area contributed by atoms with E-state index in [4.69, 9.17) is 4.74 Å². The highest BCUT2D eigenvalue weighted by Gasteiger charge is 2.27. The maximum absolute atomic E-state index is 12.6. The van der Waals surface area contributed by atoms with Crippen LogP contribution in [-0.4, -0.2) is 72.8 Å². The van der Waals surface area contributed by atoms with Gasteiger partial charge in [-0.15, -0.1) is 0 Å². The molecule has 2 aliphatic heterocycles. The molecule has 0 unspecified atom stereocenters. The number of aromatic nitrogens is 2. The third-order valence-electron chi connectivity index (χ3n) is 4.69. The topological polar surface area (TPSA) is 70.6 Å². The smallest absolute Gasteiger partial charge is 0.225 e. The van der Waals surface area contributed by atoms with E-state index in [1.54, 1.807) is 18.6 Å². The van der Waals surface area contributed by atoms with E-state index >= 15 is 0 Å². The van der Waals surface area contributed by atoms with Crippen LogP contribution in [0.25, 0.3) is 0 Å². The summed E-state index contributed by atoms with van der Waals surface area (Å²) in [6, 6.07) is 0.155. The van der Waals surface area contributed by atoms with Gasteiger partial charge < -0.3 is 15.0 Å². The Bertz CT molecular complexity index is 521. The molecule has 1 amide bonds. The molecule has 132 valence electrons. The molecule has 2 atom stereocenters. The highest BCUT2D eigenvalue weighted by atomic mass is 16.5. The molecule has 3 heterocycles. The molecule has 1 N–H and O–H groups in total. The minimum Gasteiger partial charge on any atom is -0.379 e. The molecule has 0 saturated carbocycles. The number of rotatable bonds is 5. The van der Waals surface area contributed by atoms with Crippen molar-refractivity contribution in [3.63, 3.8) is 0 Å². The maximum Gasteiger partial charge on any atom is 0.225 e. The van der Waals surface area contributed by atoms with Gasteiger partial charge in [0, 0.05) is 51.2 Å². The first-order chi connectivity index (χ1) is 11.7. The molecule has 0 aromatic carbocycles. The summed E-state index contributed by atoms with van der Waals surface area (Å²) in [5.41, 5.74) is 0. The molecule has 24 heavy (non-hydrogen) atoms. The number of hydrogen-bond acceptors (Lipinski definition) is 6. The number of carbonyl (C=O) groups excluding carboxylic acids is 1. The van der Waals surface area contributed by atoms with Gasteiger partial charge in [0.25, 0.3) is 0 Å². The van der Waals surface area contributed by atoms with Crippen LogP contribution in [-0.2, 0) is 9.53 Å². The van der Waals surface area contributed by atoms with Gasteiger partial charge in [-0.3, -0.25) is 14.7 Å². The zero-order chi connectivity index (χ0) is 16.8. The Kier molecular flexibility index (Phi) is 5.98. The van der Waals surface area contributed by atoms with E-state index in [0.29, 0.717) is 0 Å². The molecule has 2 fully saturated rings. The third-order valence-corrected chi connectivity index (χ3v) is 4.69. The van der Waals surface area contributed by atoms with Crippen molar-refractivity contribution in [2.24, 2.45) is 5.92 Å². The standard InChI is InChI=1S/C17H27N5O2/c1-14(12-21-7-9-24-10-8-21)20-17(23)15-3-2-6-22(13-15)16-11-18-4-5-19-16/h4-5,11,14-15H,2-3,6-10,12-13H2,1H3,(H,20,23)/t14-,15+/m0/s1. The number of carbonyl (C=O) groups is 1. The number of anilines is 1.